The standard InChI is InChI=1S/C87H119F2N9O19/c1-8-10-36-108-40-44-112-47-43-111-39-35-98-81-63-19-12-11-17-61(63)55-97(69-21-14-13-20-64(69)80(81)95-96-98)76(104)28-27-74(102)91-34-38-110-42-46-114-49-48-113-45-41-109-37-31-75(103)94-79(57(3)4)70(99)51-60(18-15-33-92-83(90)107)82(106)93-62-24-22-59(23-25-62)56-115-77(105)29-26-71(100)87-73(116-78(117-87)16-9-2)53-65-66-52-68(88)67-50-58(5)30-32-84(67,6)86(66,89)72(101)54-85(65,87)7/h11-14,17,19-25,30,32,50,57,60,65-66,68,72-73,78-79,101H,5,8-10,15-16,18,26-29,31,33-49,51-56H2,1-4,6-7H3,(H,91,102)(H,93,106)(H,94,103)(H3,90,92,107)/t60-,65+,66+,68+,72+,73-,78?,79+,84+,85+,86+,87-/m1/s1. The Kier molecular flexibility index (Phi) is 33.7. The summed E-state index contributed by atoms with van der Waals surface area (Å²) in [4.78, 5) is 110. The van der Waals surface area contributed by atoms with Crippen LogP contribution in [-0.2, 0) is 101 Å². The molecule has 1 aromatic heterocycles. The molecule has 3 saturated carbocycles. The molecule has 4 aliphatic carbocycles. The summed E-state index contributed by atoms with van der Waals surface area (Å²) in [6.45, 7) is 20.9. The molecule has 0 radical (unpaired) electrons. The largest absolute Gasteiger partial charge is 0.461 e. The number of carbonyl (C=O) groups is 8. The van der Waals surface area contributed by atoms with Crippen LogP contribution in [0.1, 0.15) is 149 Å². The SMILES string of the molecule is C=C1C=C[C@@]2(C)C(=C1)[C@@H](F)C[C@H]1[C@@H]3C[C@H]4OC(CCC)O[C@@]4(C(=O)CCC(=O)OCc4ccc(NC(=O)[C@H](CCCNC(N)=O)CC(=O)[C@@H](NC(=O)CCOCCOCCOCCOCCNC(=O)CCC(=O)N5Cc6ccccc6-c6c(nnn6CCOCCOCCOCCCC)-c6ccccc65)C(C)C)cc4)[C@@]3(C)C[C@H](O)[C@@]12F. The van der Waals surface area contributed by atoms with Gasteiger partial charge in [0.1, 0.15) is 18.5 Å². The number of ether oxygens (including phenoxy) is 10. The van der Waals surface area contributed by atoms with Gasteiger partial charge in [-0.25, -0.2) is 18.3 Å². The highest BCUT2D eigenvalue weighted by molar-refractivity contribution is 6.01. The van der Waals surface area contributed by atoms with E-state index in [0.29, 0.717) is 87.0 Å². The average Bonchev–Trinajstić information content (AvgIpc) is 1.54. The molecular formula is C87H119F2N9O19. The Morgan fingerprint density at radius 2 is 1.38 bits per heavy atom. The number of nitrogens with zero attached hydrogens (tertiary/aromatic N) is 4. The van der Waals surface area contributed by atoms with Gasteiger partial charge in [0.25, 0.3) is 0 Å². The number of fused-ring (bicyclic) bond motifs is 12. The molecular weight excluding hydrogens is 1510 g/mol. The number of hydrogen-bond acceptors (Lipinski definition) is 21. The maximum atomic E-state index is 18.1. The minimum atomic E-state index is -2.26. The summed E-state index contributed by atoms with van der Waals surface area (Å²) in [7, 11) is 0. The van der Waals surface area contributed by atoms with Crippen molar-refractivity contribution in [2.24, 2.45) is 40.2 Å². The predicted molar refractivity (Wildman–Crippen MR) is 431 cm³/mol. The lowest BCUT2D eigenvalue weighted by atomic mass is 9.44. The van der Waals surface area contributed by atoms with Crippen molar-refractivity contribution < 1.29 is 99.6 Å². The third-order valence-electron chi connectivity index (χ3n) is 23.5. The van der Waals surface area contributed by atoms with Crippen LogP contribution in [0.25, 0.3) is 22.5 Å². The number of para-hydroxylation sites is 1. The molecule has 0 bridgehead atoms. The number of amides is 6. The highest BCUT2D eigenvalue weighted by Gasteiger charge is 2.80. The number of carbonyl (C=O) groups excluding carboxylic acids is 8. The van der Waals surface area contributed by atoms with Crippen LogP contribution in [-0.4, -0.2) is 215 Å². The number of alkyl halides is 2. The van der Waals surface area contributed by atoms with E-state index in [1.807, 2.05) is 67.1 Å². The van der Waals surface area contributed by atoms with E-state index in [4.69, 9.17) is 53.1 Å². The second-order valence-electron chi connectivity index (χ2n) is 31.7. The average molecular weight is 1630 g/mol. The molecule has 30 heteroatoms. The number of benzene rings is 3. The maximum Gasteiger partial charge on any atom is 0.312 e. The molecule has 0 spiro atoms. The zero-order chi connectivity index (χ0) is 83.7. The fourth-order valence-corrected chi connectivity index (χ4v) is 17.4. The Balaban J connectivity index is 0.582. The lowest BCUT2D eigenvalue weighted by Gasteiger charge is -2.63. The fraction of sp³-hybridized carbons (Fsp3) is 0.609. The van der Waals surface area contributed by atoms with Gasteiger partial charge in [-0.2, -0.15) is 0 Å². The van der Waals surface area contributed by atoms with Gasteiger partial charge in [0.2, 0.25) is 23.6 Å². The number of unbranched alkanes of at least 4 members (excludes halogenated alkanes) is 1. The number of nitrogens with two attached hydrogens (primary N) is 1. The van der Waals surface area contributed by atoms with Crippen molar-refractivity contribution in [2.45, 2.75) is 200 Å². The molecule has 7 N–H and O–H groups in total. The van der Waals surface area contributed by atoms with Crippen LogP contribution in [0.3, 0.4) is 0 Å². The number of anilines is 2. The summed E-state index contributed by atoms with van der Waals surface area (Å²) in [5.74, 6) is -5.69. The monoisotopic (exact) mass is 1630 g/mol. The smallest absolute Gasteiger partial charge is 0.312 e. The molecule has 12 atom stereocenters. The van der Waals surface area contributed by atoms with Crippen molar-refractivity contribution in [2.75, 3.05) is 116 Å². The van der Waals surface area contributed by atoms with Gasteiger partial charge in [0.05, 0.1) is 135 Å². The number of allylic oxidation sites excluding steroid dienone is 5. The molecule has 640 valence electrons. The van der Waals surface area contributed by atoms with Crippen molar-refractivity contribution >= 4 is 58.6 Å². The molecule has 3 aromatic carbocycles. The Morgan fingerprint density at radius 3 is 2.07 bits per heavy atom. The number of ketones is 2. The van der Waals surface area contributed by atoms with Gasteiger partial charge in [-0.1, -0.05) is 132 Å². The number of primary amides is 1. The molecule has 117 heavy (non-hydrogen) atoms. The highest BCUT2D eigenvalue weighted by atomic mass is 19.1. The number of nitrogens with one attached hydrogen (secondary N) is 4. The fourth-order valence-electron chi connectivity index (χ4n) is 17.4. The topological polar surface area (TPSA) is 357 Å². The Labute approximate surface area is 684 Å². The number of aromatic nitrogens is 3. The van der Waals surface area contributed by atoms with Gasteiger partial charge < -0.3 is 84.4 Å². The molecule has 6 amide bonds. The second kappa shape index (κ2) is 43.4. The number of Topliss-reactive ketones (excluding diaryl/α,β-unsaturated/α-hetero) is 2. The van der Waals surface area contributed by atoms with Crippen LogP contribution in [0.5, 0.6) is 0 Å². The lowest BCUT2D eigenvalue weighted by Crippen LogP contribution is -2.70. The number of aliphatic hydroxyl groups excluding tert-OH is 1. The van der Waals surface area contributed by atoms with Crippen LogP contribution in [0.15, 0.2) is 109 Å². The van der Waals surface area contributed by atoms with E-state index >= 15 is 8.78 Å². The van der Waals surface area contributed by atoms with E-state index in [1.165, 1.54) is 0 Å². The molecule has 10 rings (SSSR count). The van der Waals surface area contributed by atoms with E-state index in [0.717, 1.165) is 41.8 Å². The van der Waals surface area contributed by atoms with E-state index in [2.05, 4.69) is 45.1 Å². The highest BCUT2D eigenvalue weighted by Crippen LogP contribution is 2.72. The first-order valence-electron chi connectivity index (χ1n) is 41.5. The van der Waals surface area contributed by atoms with Crippen LogP contribution in [0.2, 0.25) is 0 Å². The van der Waals surface area contributed by atoms with Crippen molar-refractivity contribution in [3.63, 3.8) is 0 Å². The molecule has 2 aliphatic heterocycles. The zero-order valence-electron chi connectivity index (χ0n) is 68.5. The molecule has 3 heterocycles. The van der Waals surface area contributed by atoms with E-state index in [-0.39, 0.29) is 172 Å². The summed E-state index contributed by atoms with van der Waals surface area (Å²) in [5.41, 5.74) is 5.18. The van der Waals surface area contributed by atoms with Crippen LogP contribution >= 0.6 is 0 Å². The van der Waals surface area contributed by atoms with Crippen LogP contribution in [0.4, 0.5) is 25.0 Å². The van der Waals surface area contributed by atoms with Gasteiger partial charge in [-0.05, 0) is 104 Å². The summed E-state index contributed by atoms with van der Waals surface area (Å²) >= 11 is 0. The Morgan fingerprint density at radius 1 is 0.726 bits per heavy atom. The van der Waals surface area contributed by atoms with Gasteiger partial charge >= 0.3 is 12.0 Å². The summed E-state index contributed by atoms with van der Waals surface area (Å²) in [6.07, 6.45) is 2.86. The van der Waals surface area contributed by atoms with Crippen LogP contribution in [0, 0.1) is 34.5 Å². The molecule has 4 aromatic rings. The molecule has 1 unspecified atom stereocenters. The first-order chi connectivity index (χ1) is 56.4. The lowest BCUT2D eigenvalue weighted by molar-refractivity contribution is -0.234. The third-order valence-corrected chi connectivity index (χ3v) is 23.5. The van der Waals surface area contributed by atoms with Gasteiger partial charge in [0, 0.05) is 91.3 Å². The first kappa shape index (κ1) is 90.8. The normalized spacial score (nSPS) is 23.9. The van der Waals surface area contributed by atoms with Crippen LogP contribution < -0.4 is 31.9 Å². The van der Waals surface area contributed by atoms with Gasteiger partial charge in [0.15, 0.2) is 29.1 Å². The van der Waals surface area contributed by atoms with Gasteiger partial charge in [-0.15, -0.1) is 5.10 Å². The number of rotatable bonds is 49. The molecule has 4 fully saturated rings. The Hall–Kier alpha value is -8.56. The third kappa shape index (κ3) is 22.5. The number of halogens is 2. The maximum absolute atomic E-state index is 18.1. The van der Waals surface area contributed by atoms with E-state index < -0.39 is 100 Å². The van der Waals surface area contributed by atoms with E-state index in [1.54, 1.807) is 68.2 Å². The number of urea groups is 1. The zero-order valence-corrected chi connectivity index (χ0v) is 68.5. The number of hydrogen-bond donors (Lipinski definition) is 6. The minimum Gasteiger partial charge on any atom is -0.461 e. The summed E-state index contributed by atoms with van der Waals surface area (Å²) in [5, 5.41) is 32.2. The quantitative estimate of drug-likeness (QED) is 0.0177. The number of esters is 1. The van der Waals surface area contributed by atoms with E-state index in [9.17, 15) is 43.5 Å². The predicted octanol–water partition coefficient (Wildman–Crippen LogP) is 10.1. The second-order valence-corrected chi connectivity index (χ2v) is 31.7. The summed E-state index contributed by atoms with van der Waals surface area (Å²) in [6, 6.07) is 20.3. The summed E-state index contributed by atoms with van der Waals surface area (Å²) < 4.78 is 94.6. The molecule has 1 saturated heterocycles. The number of aliphatic hydroxyl groups is 1. The Bertz CT molecular complexity index is 4110. The van der Waals surface area contributed by atoms with Gasteiger partial charge in [-0.3, -0.25) is 33.6 Å². The molecule has 6 aliphatic rings. The van der Waals surface area contributed by atoms with Crippen molar-refractivity contribution in [1.82, 2.24) is 30.9 Å². The first-order valence-corrected chi connectivity index (χ1v) is 41.5. The van der Waals surface area contributed by atoms with Crippen molar-refractivity contribution in [3.05, 3.63) is 120 Å². The van der Waals surface area contributed by atoms with Crippen molar-refractivity contribution in [1.29, 1.82) is 0 Å². The van der Waals surface area contributed by atoms with Crippen molar-refractivity contribution in [3.8, 4) is 22.5 Å². The minimum absolute atomic E-state index is 0.0203. The molecule has 28 nitrogen and oxygen atoms in total.